The summed E-state index contributed by atoms with van der Waals surface area (Å²) in [6.07, 6.45) is 5.88. The summed E-state index contributed by atoms with van der Waals surface area (Å²) < 4.78 is 5.31. The highest BCUT2D eigenvalue weighted by Gasteiger charge is 2.58. The van der Waals surface area contributed by atoms with E-state index in [1.165, 1.54) is 5.57 Å². The Balaban J connectivity index is 1.65. The first-order chi connectivity index (χ1) is 14.7. The van der Waals surface area contributed by atoms with E-state index in [-0.39, 0.29) is 35.9 Å². The van der Waals surface area contributed by atoms with Crippen molar-refractivity contribution < 1.29 is 19.7 Å². The first-order valence-corrected chi connectivity index (χ1v) is 12.0. The van der Waals surface area contributed by atoms with Crippen LogP contribution >= 0.6 is 0 Å². The lowest BCUT2D eigenvalue weighted by Gasteiger charge is -2.60. The molecule has 0 aromatic heterocycles. The molecule has 6 atom stereocenters. The van der Waals surface area contributed by atoms with E-state index in [0.29, 0.717) is 13.0 Å². The van der Waals surface area contributed by atoms with Gasteiger partial charge in [-0.3, -0.25) is 4.90 Å². The Morgan fingerprint density at radius 1 is 1.26 bits per heavy atom. The number of hydrogen-bond donors (Lipinski definition) is 2. The van der Waals surface area contributed by atoms with Gasteiger partial charge in [0.25, 0.3) is 0 Å². The molecule has 2 heterocycles. The zero-order chi connectivity index (χ0) is 22.4. The third kappa shape index (κ3) is 3.90. The molecule has 0 aromatic carbocycles. The van der Waals surface area contributed by atoms with E-state index in [2.05, 4.69) is 37.3 Å². The number of aliphatic hydroxyl groups excluding tert-OH is 2. The van der Waals surface area contributed by atoms with Gasteiger partial charge >= 0.3 is 5.97 Å². The summed E-state index contributed by atoms with van der Waals surface area (Å²) >= 11 is 0. The van der Waals surface area contributed by atoms with Gasteiger partial charge in [-0.1, -0.05) is 26.0 Å². The minimum absolute atomic E-state index is 0.00693. The number of allylic oxidation sites excluding steroid dienone is 1. The number of carbonyl (C=O) groups is 1. The molecule has 3 fully saturated rings. The first-order valence-electron chi connectivity index (χ1n) is 12.0. The molecular formula is C25H40N2O4. The van der Waals surface area contributed by atoms with Crippen LogP contribution in [0.2, 0.25) is 0 Å². The van der Waals surface area contributed by atoms with E-state index in [9.17, 15) is 15.0 Å². The molecule has 6 nitrogen and oxygen atoms in total. The fraction of sp³-hybridized carbons (Fsp3) is 0.800. The minimum atomic E-state index is -0.485. The fourth-order valence-electron chi connectivity index (χ4n) is 7.11. The highest BCUT2D eigenvalue weighted by Crippen LogP contribution is 2.62. The Kier molecular flexibility index (Phi) is 6.39. The number of hydrogen-bond acceptors (Lipinski definition) is 6. The SMILES string of the molecule is C=C1CCC2[C@](C)(CO)C(O)CC[C@]2(C)[C@H]1CC(C1=CCOC1=O)N1CCN(C)CC1. The Morgan fingerprint density at radius 2 is 1.97 bits per heavy atom. The minimum Gasteiger partial charge on any atom is -0.458 e. The van der Waals surface area contributed by atoms with E-state index in [0.717, 1.165) is 57.4 Å². The van der Waals surface area contributed by atoms with Gasteiger partial charge in [-0.05, 0) is 62.5 Å². The average molecular weight is 433 g/mol. The second-order valence-corrected chi connectivity index (χ2v) is 10.9. The molecule has 0 spiro atoms. The van der Waals surface area contributed by atoms with Gasteiger partial charge in [0.2, 0.25) is 0 Å². The number of ether oxygens (including phenoxy) is 1. The Bertz CT molecular complexity index is 744. The highest BCUT2D eigenvalue weighted by molar-refractivity contribution is 5.91. The van der Waals surface area contributed by atoms with Crippen LogP contribution in [0, 0.1) is 22.7 Å². The molecule has 2 saturated carbocycles. The smallest absolute Gasteiger partial charge is 0.335 e. The summed E-state index contributed by atoms with van der Waals surface area (Å²) in [6, 6.07) is 0.0354. The molecule has 4 aliphatic rings. The summed E-state index contributed by atoms with van der Waals surface area (Å²) in [7, 11) is 2.15. The van der Waals surface area contributed by atoms with Crippen molar-refractivity contribution in [1.82, 2.24) is 9.80 Å². The van der Waals surface area contributed by atoms with Gasteiger partial charge in [0.05, 0.1) is 18.3 Å². The molecule has 1 saturated heterocycles. The van der Waals surface area contributed by atoms with Crippen molar-refractivity contribution in [2.45, 2.75) is 58.1 Å². The molecule has 4 rings (SSSR count). The molecule has 0 aromatic rings. The standard InChI is InChI=1S/C25H40N2O4/c1-17-5-6-21-24(2,9-7-22(29)25(21,3)16-28)19(17)15-20(18-8-14-31-23(18)30)27-12-10-26(4)11-13-27/h8,19-22,28-29H,1,5-7,9-16H2,2-4H3/t19-,20?,21?,22?,24+,25-/m0/s1. The maximum absolute atomic E-state index is 12.6. The number of carbonyl (C=O) groups excluding carboxylic acids is 1. The van der Waals surface area contributed by atoms with E-state index < -0.39 is 11.5 Å². The Hall–Kier alpha value is -1.21. The second kappa shape index (κ2) is 8.62. The fourth-order valence-corrected chi connectivity index (χ4v) is 7.11. The van der Waals surface area contributed by atoms with Crippen LogP contribution in [0.3, 0.4) is 0 Å². The van der Waals surface area contributed by atoms with Crippen LogP contribution in [0.1, 0.15) is 46.0 Å². The molecule has 2 aliphatic heterocycles. The number of piperazine rings is 1. The zero-order valence-corrected chi connectivity index (χ0v) is 19.5. The highest BCUT2D eigenvalue weighted by atomic mass is 16.5. The molecule has 3 unspecified atom stereocenters. The van der Waals surface area contributed by atoms with Crippen molar-refractivity contribution in [3.63, 3.8) is 0 Å². The summed E-state index contributed by atoms with van der Waals surface area (Å²) in [5.74, 6) is 0.316. The predicted molar refractivity (Wildman–Crippen MR) is 120 cm³/mol. The largest absolute Gasteiger partial charge is 0.458 e. The Labute approximate surface area is 186 Å². The van der Waals surface area contributed by atoms with Crippen LogP contribution < -0.4 is 0 Å². The molecule has 2 N–H and O–H groups in total. The number of likely N-dealkylation sites (N-methyl/N-ethyl adjacent to an activating group) is 1. The maximum Gasteiger partial charge on any atom is 0.335 e. The monoisotopic (exact) mass is 432 g/mol. The van der Waals surface area contributed by atoms with Crippen molar-refractivity contribution in [2.75, 3.05) is 46.4 Å². The lowest BCUT2D eigenvalue weighted by molar-refractivity contribution is -0.154. The number of fused-ring (bicyclic) bond motifs is 1. The summed E-state index contributed by atoms with van der Waals surface area (Å²) in [5, 5.41) is 21.1. The lowest BCUT2D eigenvalue weighted by atomic mass is 9.46. The van der Waals surface area contributed by atoms with E-state index in [4.69, 9.17) is 4.74 Å². The maximum atomic E-state index is 12.6. The van der Waals surface area contributed by atoms with E-state index in [1.54, 1.807) is 0 Å². The van der Waals surface area contributed by atoms with Gasteiger partial charge in [0, 0.05) is 37.6 Å². The number of esters is 1. The molecule has 0 amide bonds. The van der Waals surface area contributed by atoms with Crippen LogP contribution in [0.25, 0.3) is 0 Å². The number of cyclic esters (lactones) is 1. The summed E-state index contributed by atoms with van der Waals surface area (Å²) in [6.45, 7) is 13.2. The molecule has 0 bridgehead atoms. The molecule has 174 valence electrons. The van der Waals surface area contributed by atoms with Crippen molar-refractivity contribution in [3.05, 3.63) is 23.8 Å². The van der Waals surface area contributed by atoms with Crippen LogP contribution in [0.15, 0.2) is 23.8 Å². The van der Waals surface area contributed by atoms with Crippen LogP contribution in [-0.2, 0) is 9.53 Å². The molecular weight excluding hydrogens is 392 g/mol. The lowest BCUT2D eigenvalue weighted by Crippen LogP contribution is -2.58. The van der Waals surface area contributed by atoms with Gasteiger partial charge in [-0.2, -0.15) is 0 Å². The number of aliphatic hydroxyl groups is 2. The van der Waals surface area contributed by atoms with E-state index >= 15 is 0 Å². The van der Waals surface area contributed by atoms with Crippen molar-refractivity contribution >= 4 is 5.97 Å². The van der Waals surface area contributed by atoms with Gasteiger partial charge < -0.3 is 19.8 Å². The predicted octanol–water partition coefficient (Wildman–Crippen LogP) is 2.22. The number of nitrogens with zero attached hydrogens (tertiary/aromatic N) is 2. The quantitative estimate of drug-likeness (QED) is 0.513. The van der Waals surface area contributed by atoms with Crippen molar-refractivity contribution in [2.24, 2.45) is 22.7 Å². The van der Waals surface area contributed by atoms with Gasteiger partial charge in [-0.25, -0.2) is 4.79 Å². The van der Waals surface area contributed by atoms with Crippen LogP contribution in [0.5, 0.6) is 0 Å². The molecule has 31 heavy (non-hydrogen) atoms. The molecule has 2 aliphatic carbocycles. The summed E-state index contributed by atoms with van der Waals surface area (Å²) in [4.78, 5) is 17.4. The topological polar surface area (TPSA) is 73.2 Å². The van der Waals surface area contributed by atoms with Gasteiger partial charge in [0.15, 0.2) is 0 Å². The third-order valence-electron chi connectivity index (χ3n) is 9.24. The molecule has 0 radical (unpaired) electrons. The number of rotatable bonds is 5. The third-order valence-corrected chi connectivity index (χ3v) is 9.24. The Morgan fingerprint density at radius 3 is 2.58 bits per heavy atom. The zero-order valence-electron chi connectivity index (χ0n) is 19.5. The van der Waals surface area contributed by atoms with Gasteiger partial charge in [-0.15, -0.1) is 0 Å². The first kappa shape index (κ1) is 23.0. The van der Waals surface area contributed by atoms with Gasteiger partial charge in [0.1, 0.15) is 6.61 Å². The summed E-state index contributed by atoms with van der Waals surface area (Å²) in [5.41, 5.74) is 1.55. The van der Waals surface area contributed by atoms with Crippen molar-refractivity contribution in [3.8, 4) is 0 Å². The van der Waals surface area contributed by atoms with Crippen molar-refractivity contribution in [1.29, 1.82) is 0 Å². The second-order valence-electron chi connectivity index (χ2n) is 10.9. The normalized spacial score (nSPS) is 40.9. The molecule has 6 heteroatoms. The average Bonchev–Trinajstić information content (AvgIpc) is 3.17. The van der Waals surface area contributed by atoms with Crippen LogP contribution in [0.4, 0.5) is 0 Å². The van der Waals surface area contributed by atoms with Crippen LogP contribution in [-0.4, -0.2) is 84.6 Å². The van der Waals surface area contributed by atoms with E-state index in [1.807, 2.05) is 6.08 Å².